The van der Waals surface area contributed by atoms with Crippen LogP contribution in [0.25, 0.3) is 32.8 Å². The molecule has 2 aromatic carbocycles. The standard InChI is InChI=1S/C18H8BrCl2NO2S/c19-11-2-4-16-10(5-11)6-12(18(23)24-16)17-22-15(8-25-17)9-1-3-13(20)14(21)7-9/h1-8H. The fraction of sp³-hybridized carbons (Fsp3) is 0. The summed E-state index contributed by atoms with van der Waals surface area (Å²) in [6.07, 6.45) is 0. The molecule has 0 bridgehead atoms. The third kappa shape index (κ3) is 3.25. The van der Waals surface area contributed by atoms with Crippen LogP contribution in [-0.2, 0) is 0 Å². The van der Waals surface area contributed by atoms with Gasteiger partial charge in [-0.2, -0.15) is 0 Å². The molecule has 0 N–H and O–H groups in total. The van der Waals surface area contributed by atoms with Crippen LogP contribution >= 0.6 is 50.5 Å². The van der Waals surface area contributed by atoms with E-state index in [1.54, 1.807) is 24.3 Å². The molecule has 0 aliphatic rings. The topological polar surface area (TPSA) is 43.1 Å². The molecule has 4 rings (SSSR count). The number of halogens is 3. The number of nitrogens with zero attached hydrogens (tertiary/aromatic N) is 1. The highest BCUT2D eigenvalue weighted by molar-refractivity contribution is 9.10. The van der Waals surface area contributed by atoms with Crippen molar-refractivity contribution in [3.8, 4) is 21.8 Å². The molecule has 0 spiro atoms. The van der Waals surface area contributed by atoms with E-state index in [1.165, 1.54) is 11.3 Å². The van der Waals surface area contributed by atoms with Gasteiger partial charge >= 0.3 is 5.63 Å². The first kappa shape index (κ1) is 16.8. The molecular weight excluding hydrogens is 445 g/mol. The van der Waals surface area contributed by atoms with Gasteiger partial charge in [-0.25, -0.2) is 9.78 Å². The lowest BCUT2D eigenvalue weighted by Gasteiger charge is -2.01. The summed E-state index contributed by atoms with van der Waals surface area (Å²) < 4.78 is 6.32. The second kappa shape index (κ2) is 6.57. The molecule has 2 heterocycles. The van der Waals surface area contributed by atoms with Crippen LogP contribution in [0.2, 0.25) is 10.0 Å². The highest BCUT2D eigenvalue weighted by Gasteiger charge is 2.13. The average molecular weight is 453 g/mol. The van der Waals surface area contributed by atoms with Crippen LogP contribution in [0.1, 0.15) is 0 Å². The molecule has 3 nitrogen and oxygen atoms in total. The van der Waals surface area contributed by atoms with Crippen LogP contribution < -0.4 is 5.63 Å². The Kier molecular flexibility index (Phi) is 4.41. The lowest BCUT2D eigenvalue weighted by Crippen LogP contribution is -2.02. The first-order valence-corrected chi connectivity index (χ1v) is 9.59. The quantitative estimate of drug-likeness (QED) is 0.319. The van der Waals surface area contributed by atoms with Crippen molar-refractivity contribution in [3.63, 3.8) is 0 Å². The van der Waals surface area contributed by atoms with E-state index in [-0.39, 0.29) is 0 Å². The van der Waals surface area contributed by atoms with Crippen LogP contribution in [-0.4, -0.2) is 4.98 Å². The Bertz CT molecular complexity index is 1170. The van der Waals surface area contributed by atoms with E-state index in [1.807, 2.05) is 23.6 Å². The van der Waals surface area contributed by atoms with Gasteiger partial charge in [0.2, 0.25) is 0 Å². The van der Waals surface area contributed by atoms with Gasteiger partial charge in [-0.15, -0.1) is 11.3 Å². The molecule has 0 radical (unpaired) electrons. The number of aromatic nitrogens is 1. The largest absolute Gasteiger partial charge is 0.422 e. The second-order valence-electron chi connectivity index (χ2n) is 5.30. The number of benzene rings is 2. The lowest BCUT2D eigenvalue weighted by atomic mass is 10.1. The van der Waals surface area contributed by atoms with Gasteiger partial charge in [0.1, 0.15) is 10.6 Å². The Labute approximate surface area is 165 Å². The van der Waals surface area contributed by atoms with Crippen molar-refractivity contribution >= 4 is 61.4 Å². The predicted octanol–water partition coefficient (Wildman–Crippen LogP) is 6.65. The van der Waals surface area contributed by atoms with E-state index >= 15 is 0 Å². The van der Waals surface area contributed by atoms with Gasteiger partial charge in [-0.05, 0) is 36.4 Å². The number of hydrogen-bond donors (Lipinski definition) is 0. The maximum atomic E-state index is 12.3. The van der Waals surface area contributed by atoms with Crippen molar-refractivity contribution < 1.29 is 4.42 Å². The van der Waals surface area contributed by atoms with E-state index in [0.29, 0.717) is 26.2 Å². The molecule has 0 atom stereocenters. The van der Waals surface area contributed by atoms with Crippen LogP contribution in [0.4, 0.5) is 0 Å². The molecule has 0 aliphatic carbocycles. The molecule has 0 fully saturated rings. The summed E-state index contributed by atoms with van der Waals surface area (Å²) in [7, 11) is 0. The van der Waals surface area contributed by atoms with Crippen LogP contribution in [0.3, 0.4) is 0 Å². The zero-order valence-electron chi connectivity index (χ0n) is 12.4. The van der Waals surface area contributed by atoms with Crippen molar-refractivity contribution in [1.29, 1.82) is 0 Å². The van der Waals surface area contributed by atoms with Gasteiger partial charge in [-0.1, -0.05) is 45.2 Å². The summed E-state index contributed by atoms with van der Waals surface area (Å²) in [6, 6.07) is 12.6. The molecule has 4 aromatic rings. The predicted molar refractivity (Wildman–Crippen MR) is 107 cm³/mol. The molecule has 124 valence electrons. The maximum absolute atomic E-state index is 12.3. The molecule has 0 unspecified atom stereocenters. The van der Waals surface area contributed by atoms with Crippen molar-refractivity contribution in [2.75, 3.05) is 0 Å². The van der Waals surface area contributed by atoms with Crippen molar-refractivity contribution in [3.05, 3.63) is 72.8 Å². The second-order valence-corrected chi connectivity index (χ2v) is 7.88. The molecule has 2 aromatic heterocycles. The summed E-state index contributed by atoms with van der Waals surface area (Å²) in [5.74, 6) is 0. The normalized spacial score (nSPS) is 11.2. The number of rotatable bonds is 2. The van der Waals surface area contributed by atoms with E-state index < -0.39 is 5.63 Å². The molecule has 0 saturated heterocycles. The fourth-order valence-electron chi connectivity index (χ4n) is 2.43. The minimum atomic E-state index is -0.412. The van der Waals surface area contributed by atoms with Gasteiger partial charge in [-0.3, -0.25) is 0 Å². The summed E-state index contributed by atoms with van der Waals surface area (Å²) >= 11 is 16.8. The third-order valence-electron chi connectivity index (χ3n) is 3.64. The van der Waals surface area contributed by atoms with Crippen LogP contribution in [0.15, 0.2) is 61.5 Å². The highest BCUT2D eigenvalue weighted by Crippen LogP contribution is 2.32. The number of fused-ring (bicyclic) bond motifs is 1. The molecule has 0 amide bonds. The highest BCUT2D eigenvalue weighted by atomic mass is 79.9. The first-order valence-electron chi connectivity index (χ1n) is 7.16. The summed E-state index contributed by atoms with van der Waals surface area (Å²) in [5, 5.41) is 4.25. The SMILES string of the molecule is O=c1oc2ccc(Br)cc2cc1-c1nc(-c2ccc(Cl)c(Cl)c2)cs1. The molecule has 0 saturated carbocycles. The van der Waals surface area contributed by atoms with Gasteiger partial charge in [0.15, 0.2) is 0 Å². The molecule has 0 aliphatic heterocycles. The van der Waals surface area contributed by atoms with E-state index in [9.17, 15) is 4.79 Å². The molecule has 7 heteroatoms. The third-order valence-corrected chi connectivity index (χ3v) is 5.75. The summed E-state index contributed by atoms with van der Waals surface area (Å²) in [4.78, 5) is 16.9. The minimum Gasteiger partial charge on any atom is -0.422 e. The van der Waals surface area contributed by atoms with Gasteiger partial charge in [0.25, 0.3) is 0 Å². The number of hydrogen-bond acceptors (Lipinski definition) is 4. The Hall–Kier alpha value is -1.66. The molecule has 25 heavy (non-hydrogen) atoms. The summed E-state index contributed by atoms with van der Waals surface area (Å²) in [5.41, 5.74) is 2.13. The number of thiazole rings is 1. The van der Waals surface area contributed by atoms with Crippen LogP contribution in [0.5, 0.6) is 0 Å². The average Bonchev–Trinajstić information content (AvgIpc) is 3.07. The zero-order valence-corrected chi connectivity index (χ0v) is 16.3. The van der Waals surface area contributed by atoms with E-state index in [0.717, 1.165) is 21.1 Å². The van der Waals surface area contributed by atoms with Crippen LogP contribution in [0, 0.1) is 0 Å². The minimum absolute atomic E-state index is 0.412. The Morgan fingerprint density at radius 3 is 2.68 bits per heavy atom. The van der Waals surface area contributed by atoms with Gasteiger partial charge in [0.05, 0.1) is 21.3 Å². The van der Waals surface area contributed by atoms with Crippen molar-refractivity contribution in [2.45, 2.75) is 0 Å². The van der Waals surface area contributed by atoms with E-state index in [2.05, 4.69) is 20.9 Å². The zero-order chi connectivity index (χ0) is 17.6. The fourth-order valence-corrected chi connectivity index (χ4v) is 3.94. The molecular formula is C18H8BrCl2NO2S. The smallest absolute Gasteiger partial charge is 0.346 e. The van der Waals surface area contributed by atoms with Crippen molar-refractivity contribution in [1.82, 2.24) is 4.98 Å². The maximum Gasteiger partial charge on any atom is 0.346 e. The Morgan fingerprint density at radius 1 is 1.04 bits per heavy atom. The van der Waals surface area contributed by atoms with Gasteiger partial charge < -0.3 is 4.42 Å². The first-order chi connectivity index (χ1) is 12.0. The Morgan fingerprint density at radius 2 is 1.88 bits per heavy atom. The van der Waals surface area contributed by atoms with Crippen molar-refractivity contribution in [2.24, 2.45) is 0 Å². The monoisotopic (exact) mass is 451 g/mol. The van der Waals surface area contributed by atoms with E-state index in [4.69, 9.17) is 27.6 Å². The Balaban J connectivity index is 1.82. The van der Waals surface area contributed by atoms with Gasteiger partial charge in [0, 0.05) is 20.8 Å². The summed E-state index contributed by atoms with van der Waals surface area (Å²) in [6.45, 7) is 0. The lowest BCUT2D eigenvalue weighted by molar-refractivity contribution is 0.563.